The monoisotopic (exact) mass is 372 g/mol. The van der Waals surface area contributed by atoms with Gasteiger partial charge in [0.15, 0.2) is 5.92 Å². The molecule has 0 aromatic rings. The van der Waals surface area contributed by atoms with Gasteiger partial charge in [-0.2, -0.15) is 0 Å². The van der Waals surface area contributed by atoms with Gasteiger partial charge in [0, 0.05) is 0 Å². The van der Waals surface area contributed by atoms with Crippen LogP contribution < -0.4 is 0 Å². The summed E-state index contributed by atoms with van der Waals surface area (Å²) in [6.07, 6.45) is 8.81. The third-order valence-corrected chi connectivity index (χ3v) is 4.91. The molecular weight excluding hydrogens is 336 g/mol. The van der Waals surface area contributed by atoms with Gasteiger partial charge in [-0.3, -0.25) is 9.59 Å². The van der Waals surface area contributed by atoms with E-state index in [9.17, 15) is 9.59 Å². The Kier molecular flexibility index (Phi) is 10.5. The minimum absolute atomic E-state index is 0.399. The maximum absolute atomic E-state index is 12.4. The molecular formula is C18H36O4Si2. The smallest absolute Gasteiger partial charge is 0.306 e. The zero-order valence-corrected chi connectivity index (χ0v) is 18.4. The molecule has 140 valence electrons. The largest absolute Gasteiger partial charge is 0.519 e. The van der Waals surface area contributed by atoms with Crippen molar-refractivity contribution in [3.63, 3.8) is 0 Å². The fourth-order valence-corrected chi connectivity index (χ4v) is 3.74. The van der Waals surface area contributed by atoms with Crippen molar-refractivity contribution >= 4 is 28.6 Å². The second-order valence-electron chi connectivity index (χ2n) is 8.25. The lowest BCUT2D eigenvalue weighted by atomic mass is 10.0. The first-order chi connectivity index (χ1) is 11.0. The molecule has 0 spiro atoms. The summed E-state index contributed by atoms with van der Waals surface area (Å²) < 4.78 is 11.1. The third kappa shape index (κ3) is 12.5. The maximum atomic E-state index is 12.4. The molecule has 0 atom stereocenters. The van der Waals surface area contributed by atoms with E-state index in [-0.39, 0.29) is 0 Å². The molecule has 0 bridgehead atoms. The Morgan fingerprint density at radius 2 is 1.25 bits per heavy atom. The predicted molar refractivity (Wildman–Crippen MR) is 105 cm³/mol. The molecule has 6 heteroatoms. The van der Waals surface area contributed by atoms with Crippen LogP contribution in [0.5, 0.6) is 0 Å². The molecule has 0 radical (unpaired) electrons. The molecule has 0 saturated heterocycles. The molecule has 0 aliphatic rings. The standard InChI is InChI=1S/C18H36O4Si2/c1-8-9-10-11-12-13-14-15-16(17(19)21-23(2,3)4)18(20)22-24(5,6)7/h8,16H,1,9-15H2,2-7H3. The molecule has 0 aliphatic carbocycles. The number of allylic oxidation sites excluding steroid dienone is 1. The number of carbonyl (C=O) groups is 2. The van der Waals surface area contributed by atoms with Gasteiger partial charge in [0.05, 0.1) is 0 Å². The average molecular weight is 373 g/mol. The van der Waals surface area contributed by atoms with Gasteiger partial charge in [-0.25, -0.2) is 0 Å². The highest BCUT2D eigenvalue weighted by Gasteiger charge is 2.35. The van der Waals surface area contributed by atoms with Crippen molar-refractivity contribution in [2.45, 2.75) is 84.2 Å². The van der Waals surface area contributed by atoms with E-state index in [4.69, 9.17) is 8.85 Å². The summed E-state index contributed by atoms with van der Waals surface area (Å²) in [7, 11) is -4.02. The zero-order chi connectivity index (χ0) is 18.8. The molecule has 0 unspecified atom stereocenters. The quantitative estimate of drug-likeness (QED) is 0.202. The Morgan fingerprint density at radius 1 is 0.833 bits per heavy atom. The molecule has 0 aromatic heterocycles. The summed E-state index contributed by atoms with van der Waals surface area (Å²) >= 11 is 0. The van der Waals surface area contributed by atoms with Gasteiger partial charge in [-0.1, -0.05) is 31.8 Å². The van der Waals surface area contributed by atoms with Crippen LogP contribution in [0.4, 0.5) is 0 Å². The van der Waals surface area contributed by atoms with Crippen LogP contribution in [0.2, 0.25) is 39.3 Å². The van der Waals surface area contributed by atoms with Crippen molar-refractivity contribution in [2.24, 2.45) is 5.92 Å². The molecule has 0 rings (SSSR count). The molecule has 0 amide bonds. The normalized spacial score (nSPS) is 12.1. The summed E-state index contributed by atoms with van der Waals surface area (Å²) in [5.74, 6) is -1.57. The second-order valence-corrected chi connectivity index (χ2v) is 17.1. The minimum atomic E-state index is -2.01. The molecule has 24 heavy (non-hydrogen) atoms. The van der Waals surface area contributed by atoms with Gasteiger partial charge in [0.1, 0.15) is 0 Å². The summed E-state index contributed by atoms with van der Waals surface area (Å²) in [5.41, 5.74) is 0. The summed E-state index contributed by atoms with van der Waals surface area (Å²) in [4.78, 5) is 24.8. The maximum Gasteiger partial charge on any atom is 0.306 e. The van der Waals surface area contributed by atoms with Crippen molar-refractivity contribution in [3.8, 4) is 0 Å². The number of carbonyl (C=O) groups excluding carboxylic acids is 2. The summed E-state index contributed by atoms with van der Waals surface area (Å²) in [6.45, 7) is 15.4. The van der Waals surface area contributed by atoms with Crippen LogP contribution in [0.1, 0.15) is 44.9 Å². The fourth-order valence-electron chi connectivity index (χ4n) is 2.25. The first-order valence-electron chi connectivity index (χ1n) is 9.03. The Hall–Kier alpha value is -0.886. The fraction of sp³-hybridized carbons (Fsp3) is 0.778. The Morgan fingerprint density at radius 3 is 1.67 bits per heavy atom. The van der Waals surface area contributed by atoms with E-state index in [1.165, 1.54) is 0 Å². The molecule has 4 nitrogen and oxygen atoms in total. The lowest BCUT2D eigenvalue weighted by Gasteiger charge is -2.25. The lowest BCUT2D eigenvalue weighted by Crippen LogP contribution is -2.40. The SMILES string of the molecule is C=CCCCCCCCC(C(=O)O[Si](C)(C)C)C(=O)O[Si](C)(C)C. The van der Waals surface area contributed by atoms with E-state index in [2.05, 4.69) is 6.58 Å². The predicted octanol–water partition coefficient (Wildman–Crippen LogP) is 5.28. The van der Waals surface area contributed by atoms with Crippen molar-refractivity contribution < 1.29 is 18.4 Å². The van der Waals surface area contributed by atoms with E-state index in [0.29, 0.717) is 6.42 Å². The highest BCUT2D eigenvalue weighted by atomic mass is 28.4. The van der Waals surface area contributed by atoms with Crippen LogP contribution >= 0.6 is 0 Å². The van der Waals surface area contributed by atoms with Crippen molar-refractivity contribution in [2.75, 3.05) is 0 Å². The molecule has 0 fully saturated rings. The van der Waals surface area contributed by atoms with Gasteiger partial charge in [-0.15, -0.1) is 6.58 Å². The van der Waals surface area contributed by atoms with E-state index in [1.807, 2.05) is 45.4 Å². The van der Waals surface area contributed by atoms with E-state index in [0.717, 1.165) is 38.5 Å². The first-order valence-corrected chi connectivity index (χ1v) is 15.8. The Bertz CT molecular complexity index is 380. The van der Waals surface area contributed by atoms with Gasteiger partial charge in [-0.05, 0) is 58.5 Å². The summed E-state index contributed by atoms with van der Waals surface area (Å²) in [6, 6.07) is 0. The second kappa shape index (κ2) is 10.9. The third-order valence-electron chi connectivity index (χ3n) is 3.28. The van der Waals surface area contributed by atoms with Crippen molar-refractivity contribution in [1.82, 2.24) is 0 Å². The lowest BCUT2D eigenvalue weighted by molar-refractivity contribution is -0.152. The minimum Gasteiger partial charge on any atom is -0.519 e. The first kappa shape index (κ1) is 23.1. The highest BCUT2D eigenvalue weighted by Crippen LogP contribution is 2.20. The number of hydrogen-bond acceptors (Lipinski definition) is 4. The van der Waals surface area contributed by atoms with Crippen LogP contribution in [-0.2, 0) is 18.4 Å². The van der Waals surface area contributed by atoms with Crippen LogP contribution in [0, 0.1) is 5.92 Å². The Labute approximate surface area is 150 Å². The van der Waals surface area contributed by atoms with Crippen LogP contribution in [-0.4, -0.2) is 28.6 Å². The van der Waals surface area contributed by atoms with Gasteiger partial charge in [0.25, 0.3) is 0 Å². The zero-order valence-electron chi connectivity index (χ0n) is 16.4. The molecule has 0 aromatic carbocycles. The molecule has 0 saturated carbocycles. The Balaban J connectivity index is 4.55. The van der Waals surface area contributed by atoms with Gasteiger partial charge < -0.3 is 8.85 Å². The van der Waals surface area contributed by atoms with Crippen LogP contribution in [0.3, 0.4) is 0 Å². The average Bonchev–Trinajstić information content (AvgIpc) is 2.37. The van der Waals surface area contributed by atoms with Crippen LogP contribution in [0.15, 0.2) is 12.7 Å². The topological polar surface area (TPSA) is 52.6 Å². The molecule has 0 heterocycles. The van der Waals surface area contributed by atoms with Gasteiger partial charge in [0.2, 0.25) is 16.6 Å². The van der Waals surface area contributed by atoms with Gasteiger partial charge >= 0.3 is 11.9 Å². The van der Waals surface area contributed by atoms with Crippen molar-refractivity contribution in [3.05, 3.63) is 12.7 Å². The molecule has 0 N–H and O–H groups in total. The number of rotatable bonds is 12. The van der Waals surface area contributed by atoms with E-state index >= 15 is 0 Å². The van der Waals surface area contributed by atoms with Crippen molar-refractivity contribution in [1.29, 1.82) is 0 Å². The summed E-state index contributed by atoms with van der Waals surface area (Å²) in [5, 5.41) is 0. The number of hydrogen-bond donors (Lipinski definition) is 0. The van der Waals surface area contributed by atoms with E-state index < -0.39 is 34.5 Å². The molecule has 0 aliphatic heterocycles. The van der Waals surface area contributed by atoms with Crippen LogP contribution in [0.25, 0.3) is 0 Å². The van der Waals surface area contributed by atoms with E-state index in [1.54, 1.807) is 0 Å². The number of unbranched alkanes of at least 4 members (excludes halogenated alkanes) is 5. The highest BCUT2D eigenvalue weighted by molar-refractivity contribution is 6.72.